The van der Waals surface area contributed by atoms with Gasteiger partial charge in [0.05, 0.1) is 32.7 Å². The zero-order valence-corrected chi connectivity index (χ0v) is 30.9. The van der Waals surface area contributed by atoms with E-state index in [-0.39, 0.29) is 26.4 Å². The number of esters is 2. The number of hydrogen-bond acceptors (Lipinski definition) is 15. The van der Waals surface area contributed by atoms with Crippen LogP contribution in [0.15, 0.2) is 91.0 Å². The highest BCUT2D eigenvalue weighted by atomic mass is 32.2. The molecule has 0 unspecified atom stereocenters. The van der Waals surface area contributed by atoms with Crippen molar-refractivity contribution in [2.24, 2.45) is 0 Å². The molecule has 0 amide bonds. The summed E-state index contributed by atoms with van der Waals surface area (Å²) in [6.07, 6.45) is -13.0. The Morgan fingerprint density at radius 3 is 1.61 bits per heavy atom. The topological polar surface area (TPSA) is 192 Å². The summed E-state index contributed by atoms with van der Waals surface area (Å²) in [4.78, 5) is 24.4. The van der Waals surface area contributed by atoms with Crippen LogP contribution < -0.4 is 0 Å². The largest absolute Gasteiger partial charge is 0.463 e. The Balaban J connectivity index is 1.51. The van der Waals surface area contributed by atoms with Gasteiger partial charge in [-0.25, -0.2) is 0 Å². The van der Waals surface area contributed by atoms with E-state index in [1.54, 1.807) is 0 Å². The minimum atomic E-state index is -3.97. The van der Waals surface area contributed by atoms with Crippen LogP contribution in [0.25, 0.3) is 0 Å². The van der Waals surface area contributed by atoms with Crippen LogP contribution in [0.3, 0.4) is 0 Å². The molecular weight excluding hydrogens is 728 g/mol. The SMILES string of the molecule is CC(=O)OC[C@H]1O[C@H](O[C@@H]2[C@@H](OC(C)=O)[C@H](O)[C@@H](COS(C)(=O)=O)O[C@@H]2O)[C@H](OCc2ccccc2)[C@@H](OCc2ccccc2)[C@@H]1OCc1ccccc1. The van der Waals surface area contributed by atoms with Gasteiger partial charge in [0, 0.05) is 13.8 Å². The van der Waals surface area contributed by atoms with Gasteiger partial charge in [0.2, 0.25) is 0 Å². The fourth-order valence-electron chi connectivity index (χ4n) is 6.05. The summed E-state index contributed by atoms with van der Waals surface area (Å²) in [5.41, 5.74) is 2.48. The molecule has 0 aromatic heterocycles. The smallest absolute Gasteiger partial charge is 0.303 e. The zero-order chi connectivity index (χ0) is 38.7. The standard InChI is InChI=1S/C38H46O15S/c1-24(39)45-22-30-32(46-19-26-13-7-4-8-14-26)34(47-20-27-15-9-5-10-16-27)36(48-21-28-17-11-6-12-18-28)38(52-30)53-35-33(50-25(2)40)31(41)29(51-37(35)42)23-49-54(3,43)44/h4-18,29-38,41-42H,19-23H2,1-3H3/t29-,30-,31-,32-,33+,34+,35-,36-,37+,38-/m1/s1. The monoisotopic (exact) mass is 774 g/mol. The maximum absolute atomic E-state index is 12.3. The summed E-state index contributed by atoms with van der Waals surface area (Å²) in [6, 6.07) is 28.0. The fraction of sp³-hybridized carbons (Fsp3) is 0.474. The first-order valence-electron chi connectivity index (χ1n) is 17.3. The van der Waals surface area contributed by atoms with E-state index in [1.165, 1.54) is 6.92 Å². The molecular formula is C38H46O15S. The van der Waals surface area contributed by atoms with Gasteiger partial charge in [0.25, 0.3) is 10.1 Å². The number of carbonyl (C=O) groups is 2. The number of ether oxygens (including phenoxy) is 8. The summed E-state index contributed by atoms with van der Waals surface area (Å²) in [5, 5.41) is 22.5. The molecule has 0 bridgehead atoms. The van der Waals surface area contributed by atoms with E-state index in [0.29, 0.717) is 0 Å². The van der Waals surface area contributed by atoms with Gasteiger partial charge in [0.15, 0.2) is 24.8 Å². The van der Waals surface area contributed by atoms with E-state index < -0.39 is 90.1 Å². The number of carbonyl (C=O) groups excluding carboxylic acids is 2. The van der Waals surface area contributed by atoms with E-state index in [0.717, 1.165) is 29.9 Å². The van der Waals surface area contributed by atoms with Crippen LogP contribution in [-0.4, -0.2) is 111 Å². The summed E-state index contributed by atoms with van der Waals surface area (Å²) in [5.74, 6) is -1.42. The predicted octanol–water partition coefficient (Wildman–Crippen LogP) is 2.40. The third-order valence-corrected chi connectivity index (χ3v) is 9.14. The predicted molar refractivity (Wildman–Crippen MR) is 188 cm³/mol. The molecule has 0 radical (unpaired) electrons. The van der Waals surface area contributed by atoms with Gasteiger partial charge >= 0.3 is 11.9 Å². The molecule has 2 aliphatic rings. The van der Waals surface area contributed by atoms with Crippen LogP contribution in [-0.2, 0) is 81.6 Å². The molecule has 5 rings (SSSR count). The Morgan fingerprint density at radius 2 is 1.13 bits per heavy atom. The lowest BCUT2D eigenvalue weighted by Gasteiger charge is -2.48. The fourth-order valence-corrected chi connectivity index (χ4v) is 6.43. The van der Waals surface area contributed by atoms with Crippen LogP contribution in [0.5, 0.6) is 0 Å². The van der Waals surface area contributed by atoms with Crippen molar-refractivity contribution >= 4 is 22.1 Å². The normalized spacial score (nSPS) is 28.6. The highest BCUT2D eigenvalue weighted by molar-refractivity contribution is 7.85. The van der Waals surface area contributed by atoms with Crippen molar-refractivity contribution in [3.63, 3.8) is 0 Å². The van der Waals surface area contributed by atoms with Gasteiger partial charge in [-0.1, -0.05) is 91.0 Å². The number of rotatable bonds is 17. The van der Waals surface area contributed by atoms with Gasteiger partial charge in [-0.05, 0) is 16.7 Å². The zero-order valence-electron chi connectivity index (χ0n) is 30.1. The van der Waals surface area contributed by atoms with Gasteiger partial charge < -0.3 is 48.1 Å². The molecule has 54 heavy (non-hydrogen) atoms. The average molecular weight is 775 g/mol. The first-order valence-corrected chi connectivity index (χ1v) is 19.1. The Labute approximate surface area is 314 Å². The van der Waals surface area contributed by atoms with E-state index in [9.17, 15) is 28.2 Å². The van der Waals surface area contributed by atoms with E-state index in [2.05, 4.69) is 0 Å². The Morgan fingerprint density at radius 1 is 0.630 bits per heavy atom. The minimum absolute atomic E-state index is 0.0462. The summed E-state index contributed by atoms with van der Waals surface area (Å²) in [6.45, 7) is 1.62. The maximum atomic E-state index is 12.3. The van der Waals surface area contributed by atoms with E-state index in [1.807, 2.05) is 91.0 Å². The molecule has 0 spiro atoms. The van der Waals surface area contributed by atoms with Crippen molar-refractivity contribution in [2.75, 3.05) is 19.5 Å². The molecule has 3 aromatic carbocycles. The molecule has 0 aliphatic carbocycles. The van der Waals surface area contributed by atoms with Crippen LogP contribution in [0.4, 0.5) is 0 Å². The molecule has 2 saturated heterocycles. The molecule has 2 fully saturated rings. The van der Waals surface area contributed by atoms with Crippen molar-refractivity contribution in [1.82, 2.24) is 0 Å². The number of hydrogen-bond donors (Lipinski definition) is 2. The Kier molecular flexibility index (Phi) is 15.1. The van der Waals surface area contributed by atoms with Gasteiger partial charge in [-0.2, -0.15) is 8.42 Å². The number of aliphatic hydroxyl groups is 2. The molecule has 10 atom stereocenters. The van der Waals surface area contributed by atoms with Crippen LogP contribution in [0.2, 0.25) is 0 Å². The Hall–Kier alpha value is -3.81. The lowest BCUT2D eigenvalue weighted by molar-refractivity contribution is -0.372. The van der Waals surface area contributed by atoms with Gasteiger partial charge in [-0.15, -0.1) is 0 Å². The second kappa shape index (κ2) is 19.7. The highest BCUT2D eigenvalue weighted by Gasteiger charge is 2.54. The molecule has 2 aliphatic heterocycles. The van der Waals surface area contributed by atoms with Crippen molar-refractivity contribution in [3.8, 4) is 0 Å². The highest BCUT2D eigenvalue weighted by Crippen LogP contribution is 2.35. The lowest BCUT2D eigenvalue weighted by atomic mass is 9.96. The van der Waals surface area contributed by atoms with Crippen LogP contribution in [0, 0.1) is 0 Å². The number of aliphatic hydroxyl groups excluding tert-OH is 2. The first kappa shape index (κ1) is 41.4. The maximum Gasteiger partial charge on any atom is 0.303 e. The summed E-state index contributed by atoms with van der Waals surface area (Å²) < 4.78 is 77.0. The molecule has 3 aromatic rings. The van der Waals surface area contributed by atoms with Crippen molar-refractivity contribution < 1.29 is 70.3 Å². The van der Waals surface area contributed by atoms with E-state index in [4.69, 9.17) is 42.1 Å². The average Bonchev–Trinajstić information content (AvgIpc) is 3.14. The van der Waals surface area contributed by atoms with E-state index >= 15 is 0 Å². The van der Waals surface area contributed by atoms with Crippen LogP contribution in [0.1, 0.15) is 30.5 Å². The van der Waals surface area contributed by atoms with Gasteiger partial charge in [0.1, 0.15) is 43.2 Å². The van der Waals surface area contributed by atoms with Crippen molar-refractivity contribution in [1.29, 1.82) is 0 Å². The summed E-state index contributed by atoms with van der Waals surface area (Å²) >= 11 is 0. The third-order valence-electron chi connectivity index (χ3n) is 8.57. The molecule has 2 N–H and O–H groups in total. The quantitative estimate of drug-likeness (QED) is 0.150. The second-order valence-electron chi connectivity index (χ2n) is 12.8. The summed E-state index contributed by atoms with van der Waals surface area (Å²) in [7, 11) is -3.97. The second-order valence-corrected chi connectivity index (χ2v) is 14.5. The number of benzene rings is 3. The Bertz CT molecular complexity index is 1710. The minimum Gasteiger partial charge on any atom is -0.463 e. The van der Waals surface area contributed by atoms with Crippen molar-refractivity contribution in [3.05, 3.63) is 108 Å². The van der Waals surface area contributed by atoms with Crippen molar-refractivity contribution in [2.45, 2.75) is 95.1 Å². The first-order chi connectivity index (χ1) is 25.9. The van der Waals surface area contributed by atoms with Gasteiger partial charge in [-0.3, -0.25) is 13.8 Å². The lowest BCUT2D eigenvalue weighted by Crippen LogP contribution is -2.66. The molecule has 0 saturated carbocycles. The van der Waals surface area contributed by atoms with Crippen LogP contribution >= 0.6 is 0 Å². The third kappa shape index (κ3) is 12.1. The molecule has 2 heterocycles. The molecule has 15 nitrogen and oxygen atoms in total. The molecule has 294 valence electrons. The molecule has 16 heteroatoms.